The van der Waals surface area contributed by atoms with Crippen molar-refractivity contribution in [3.05, 3.63) is 59.7 Å². The van der Waals surface area contributed by atoms with Gasteiger partial charge in [0.15, 0.2) is 0 Å². The van der Waals surface area contributed by atoms with Gasteiger partial charge in [-0.1, -0.05) is 26.0 Å². The van der Waals surface area contributed by atoms with E-state index in [4.69, 9.17) is 0 Å². The van der Waals surface area contributed by atoms with Crippen molar-refractivity contribution in [1.29, 1.82) is 0 Å². The summed E-state index contributed by atoms with van der Waals surface area (Å²) in [6.45, 7) is 6.48. The Hall–Kier alpha value is -2.74. The number of aromatic nitrogens is 1. The minimum atomic E-state index is -1.17. The summed E-state index contributed by atoms with van der Waals surface area (Å²) in [5.74, 6) is 0.103. The van der Waals surface area contributed by atoms with E-state index in [2.05, 4.69) is 34.8 Å². The molecule has 1 fully saturated rings. The Labute approximate surface area is 182 Å². The average molecular weight is 432 g/mol. The molecule has 0 radical (unpaired) electrons. The van der Waals surface area contributed by atoms with Gasteiger partial charge in [0, 0.05) is 25.3 Å². The maximum Gasteiger partial charge on any atom is 0.318 e. The van der Waals surface area contributed by atoms with Crippen molar-refractivity contribution in [3.63, 3.8) is 0 Å². The molecule has 1 aromatic heterocycles. The van der Waals surface area contributed by atoms with Crippen LogP contribution in [-0.4, -0.2) is 47.8 Å². The maximum atomic E-state index is 14.6. The molecule has 168 valence electrons. The lowest BCUT2D eigenvalue weighted by Gasteiger charge is -2.36. The highest BCUT2D eigenvalue weighted by molar-refractivity contribution is 5.74. The molecule has 0 spiro atoms. The van der Waals surface area contributed by atoms with Crippen LogP contribution in [0.15, 0.2) is 42.6 Å². The number of anilines is 1. The van der Waals surface area contributed by atoms with Crippen LogP contribution in [0.5, 0.6) is 0 Å². The maximum absolute atomic E-state index is 14.6. The number of carbonyl (C=O) groups is 1. The molecule has 1 saturated heterocycles. The van der Waals surface area contributed by atoms with E-state index in [-0.39, 0.29) is 19.1 Å². The summed E-state index contributed by atoms with van der Waals surface area (Å²) in [6, 6.07) is 9.77. The summed E-state index contributed by atoms with van der Waals surface area (Å²) in [7, 11) is 0. The number of pyridine rings is 1. The van der Waals surface area contributed by atoms with Crippen LogP contribution >= 0.6 is 0 Å². The van der Waals surface area contributed by atoms with Crippen LogP contribution in [0.3, 0.4) is 0 Å². The van der Waals surface area contributed by atoms with Crippen LogP contribution in [0.2, 0.25) is 0 Å². The minimum Gasteiger partial charge on any atom is -0.385 e. The molecule has 31 heavy (non-hydrogen) atoms. The number of hydrogen-bond donors (Lipinski definition) is 3. The fourth-order valence-electron chi connectivity index (χ4n) is 3.51. The normalized spacial score (nSPS) is 18.6. The number of piperidine rings is 1. The number of alkyl halides is 1. The lowest BCUT2D eigenvalue weighted by molar-refractivity contribution is 0.0963. The number of amides is 2. The third-order valence-electron chi connectivity index (χ3n) is 5.27. The van der Waals surface area contributed by atoms with Gasteiger partial charge in [0.25, 0.3) is 0 Å². The summed E-state index contributed by atoms with van der Waals surface area (Å²) >= 11 is 0. The van der Waals surface area contributed by atoms with Gasteiger partial charge in [0.05, 0.1) is 24.5 Å². The fourth-order valence-corrected chi connectivity index (χ4v) is 3.51. The molecule has 2 atom stereocenters. The highest BCUT2D eigenvalue weighted by Crippen LogP contribution is 2.19. The van der Waals surface area contributed by atoms with Gasteiger partial charge in [-0.2, -0.15) is 0 Å². The zero-order chi connectivity index (χ0) is 22.2. The van der Waals surface area contributed by atoms with Crippen molar-refractivity contribution < 1.29 is 13.6 Å². The highest BCUT2D eigenvalue weighted by atomic mass is 19.1. The molecule has 2 aromatic rings. The minimum absolute atomic E-state index is 0.120. The molecular formula is C23H31F2N5O. The quantitative estimate of drug-likeness (QED) is 0.596. The van der Waals surface area contributed by atoms with E-state index < -0.39 is 18.0 Å². The molecular weight excluding hydrogens is 400 g/mol. The van der Waals surface area contributed by atoms with Crippen LogP contribution in [-0.2, 0) is 13.1 Å². The smallest absolute Gasteiger partial charge is 0.318 e. The van der Waals surface area contributed by atoms with Crippen LogP contribution in [0.4, 0.5) is 19.3 Å². The molecule has 1 aliphatic rings. The largest absolute Gasteiger partial charge is 0.385 e. The second-order valence-corrected chi connectivity index (χ2v) is 8.30. The average Bonchev–Trinajstić information content (AvgIpc) is 2.77. The van der Waals surface area contributed by atoms with E-state index in [9.17, 15) is 13.6 Å². The van der Waals surface area contributed by atoms with Gasteiger partial charge in [-0.3, -0.25) is 4.98 Å². The monoisotopic (exact) mass is 431 g/mol. The second kappa shape index (κ2) is 11.0. The lowest BCUT2D eigenvalue weighted by Crippen LogP contribution is -2.55. The van der Waals surface area contributed by atoms with Gasteiger partial charge >= 0.3 is 6.03 Å². The number of carbonyl (C=O) groups excluding carboxylic acids is 1. The predicted octanol–water partition coefficient (Wildman–Crippen LogP) is 3.70. The summed E-state index contributed by atoms with van der Waals surface area (Å²) < 4.78 is 27.8. The number of halogens is 2. The van der Waals surface area contributed by atoms with Crippen LogP contribution in [0, 0.1) is 11.7 Å². The molecule has 1 aliphatic heterocycles. The Morgan fingerprint density at radius 2 is 2.03 bits per heavy atom. The number of benzene rings is 1. The Bertz CT molecular complexity index is 829. The molecule has 3 N–H and O–H groups in total. The van der Waals surface area contributed by atoms with Crippen molar-refractivity contribution in [3.8, 4) is 0 Å². The molecule has 3 rings (SSSR count). The molecule has 0 saturated carbocycles. The number of hydrogen-bond acceptors (Lipinski definition) is 4. The molecule has 8 heteroatoms. The van der Waals surface area contributed by atoms with E-state index in [1.165, 1.54) is 17.0 Å². The number of nitrogens with zero attached hydrogens (tertiary/aromatic N) is 2. The van der Waals surface area contributed by atoms with E-state index in [0.29, 0.717) is 31.1 Å². The van der Waals surface area contributed by atoms with E-state index in [0.717, 1.165) is 24.0 Å². The molecule has 2 amide bonds. The lowest BCUT2D eigenvalue weighted by atomic mass is 10.0. The first-order valence-electron chi connectivity index (χ1n) is 10.7. The topological polar surface area (TPSA) is 69.3 Å². The van der Waals surface area contributed by atoms with Crippen molar-refractivity contribution in [2.45, 2.75) is 45.6 Å². The van der Waals surface area contributed by atoms with Gasteiger partial charge in [-0.25, -0.2) is 13.6 Å². The van der Waals surface area contributed by atoms with Gasteiger partial charge in [0.2, 0.25) is 0 Å². The number of urea groups is 1. The zero-order valence-electron chi connectivity index (χ0n) is 18.1. The Morgan fingerprint density at radius 3 is 2.68 bits per heavy atom. The molecule has 0 bridgehead atoms. The van der Waals surface area contributed by atoms with Crippen molar-refractivity contribution in [1.82, 2.24) is 20.5 Å². The van der Waals surface area contributed by atoms with E-state index >= 15 is 0 Å². The summed E-state index contributed by atoms with van der Waals surface area (Å²) in [4.78, 5) is 18.5. The van der Waals surface area contributed by atoms with E-state index in [1.54, 1.807) is 0 Å². The Morgan fingerprint density at radius 1 is 1.26 bits per heavy atom. The van der Waals surface area contributed by atoms with Crippen LogP contribution in [0.25, 0.3) is 0 Å². The summed E-state index contributed by atoms with van der Waals surface area (Å²) in [6.07, 6.45) is 0.438. The molecule has 0 aliphatic carbocycles. The third kappa shape index (κ3) is 6.89. The van der Waals surface area contributed by atoms with Crippen LogP contribution < -0.4 is 16.0 Å². The summed E-state index contributed by atoms with van der Waals surface area (Å²) in [5, 5.41) is 9.26. The first-order valence-corrected chi connectivity index (χ1v) is 10.7. The predicted molar refractivity (Wildman–Crippen MR) is 118 cm³/mol. The Balaban J connectivity index is 1.64. The molecule has 2 heterocycles. The van der Waals surface area contributed by atoms with Gasteiger partial charge < -0.3 is 20.9 Å². The molecule has 0 unspecified atom stereocenters. The highest BCUT2D eigenvalue weighted by Gasteiger charge is 2.33. The zero-order valence-corrected chi connectivity index (χ0v) is 18.1. The summed E-state index contributed by atoms with van der Waals surface area (Å²) in [5.41, 5.74) is 2.50. The van der Waals surface area contributed by atoms with Crippen molar-refractivity contribution in [2.24, 2.45) is 5.92 Å². The van der Waals surface area contributed by atoms with Gasteiger partial charge in [0.1, 0.15) is 12.0 Å². The third-order valence-corrected chi connectivity index (χ3v) is 5.27. The van der Waals surface area contributed by atoms with Crippen molar-refractivity contribution in [2.75, 3.05) is 25.0 Å². The molecule has 6 nitrogen and oxygen atoms in total. The molecule has 1 aromatic carbocycles. The number of nitrogens with one attached hydrogen (secondary N) is 3. The van der Waals surface area contributed by atoms with Crippen molar-refractivity contribution >= 4 is 11.7 Å². The van der Waals surface area contributed by atoms with Crippen LogP contribution in [0.1, 0.15) is 31.5 Å². The second-order valence-electron chi connectivity index (χ2n) is 8.30. The first kappa shape index (κ1) is 22.9. The van der Waals surface area contributed by atoms with E-state index in [1.807, 2.05) is 24.3 Å². The van der Waals surface area contributed by atoms with Gasteiger partial charge in [-0.15, -0.1) is 0 Å². The fraction of sp³-hybridized carbons (Fsp3) is 0.478. The number of rotatable bonds is 8. The first-order chi connectivity index (χ1) is 14.9. The van der Waals surface area contributed by atoms with Gasteiger partial charge in [-0.05, 0) is 48.7 Å². The Kier molecular flexibility index (Phi) is 8.17. The SMILES string of the molecule is CC(C)CNc1ccc(CNC(=O)N(Cc2ccc(F)cn2)[C@H]2CCNC[C@H]2F)cc1. The standard InChI is InChI=1S/C23H31F2N5O/c1-16(2)11-27-19-6-3-17(4-7-19)12-29-23(31)30(22-9-10-26-14-21(22)25)15-20-8-5-18(24)13-28-20/h3-8,13,16,21-22,26-27H,9-12,14-15H2,1-2H3,(H,29,31)/t21-,22+/m1/s1.